The van der Waals surface area contributed by atoms with Gasteiger partial charge in [-0.2, -0.15) is 0 Å². The summed E-state index contributed by atoms with van der Waals surface area (Å²) < 4.78 is 0. The maximum atomic E-state index is 12.1. The van der Waals surface area contributed by atoms with Gasteiger partial charge in [-0.05, 0) is 37.2 Å². The van der Waals surface area contributed by atoms with Crippen molar-refractivity contribution in [2.24, 2.45) is 11.8 Å². The van der Waals surface area contributed by atoms with E-state index in [9.17, 15) is 4.79 Å². The second-order valence-corrected chi connectivity index (χ2v) is 9.32. The summed E-state index contributed by atoms with van der Waals surface area (Å²) in [5.74, 6) is 2.31. The third-order valence-electron chi connectivity index (χ3n) is 6.65. The van der Waals surface area contributed by atoms with Gasteiger partial charge in [0.2, 0.25) is 5.91 Å². The van der Waals surface area contributed by atoms with Gasteiger partial charge >= 0.3 is 0 Å². The first-order chi connectivity index (χ1) is 14.2. The quantitative estimate of drug-likeness (QED) is 0.264. The van der Waals surface area contributed by atoms with Gasteiger partial charge in [0.15, 0.2) is 0 Å². The van der Waals surface area contributed by atoms with Gasteiger partial charge in [0.1, 0.15) is 0 Å². The number of hydrogen-bond donors (Lipinski definition) is 1. The second kappa shape index (κ2) is 14.6. The summed E-state index contributed by atoms with van der Waals surface area (Å²) in [6.07, 6.45) is 20.0. The molecule has 0 saturated heterocycles. The van der Waals surface area contributed by atoms with E-state index in [2.05, 4.69) is 31.3 Å². The molecule has 1 aliphatic rings. The van der Waals surface area contributed by atoms with E-state index in [1.807, 2.05) is 18.2 Å². The third-order valence-corrected chi connectivity index (χ3v) is 6.65. The molecule has 3 atom stereocenters. The molecule has 1 aromatic carbocycles. The molecule has 1 amide bonds. The minimum Gasteiger partial charge on any atom is -0.350 e. The minimum absolute atomic E-state index is 0.103. The lowest BCUT2D eigenvalue weighted by Crippen LogP contribution is -2.26. The molecule has 0 bridgehead atoms. The number of carbonyl (C=O) groups is 1. The summed E-state index contributed by atoms with van der Waals surface area (Å²) in [6, 6.07) is 10.3. The van der Waals surface area contributed by atoms with Gasteiger partial charge in [0.05, 0.1) is 6.04 Å². The van der Waals surface area contributed by atoms with Crippen LogP contribution in [-0.4, -0.2) is 5.91 Å². The third kappa shape index (κ3) is 10.9. The lowest BCUT2D eigenvalue weighted by Gasteiger charge is -2.14. The number of nitrogens with one attached hydrogen (secondary N) is 1. The molecule has 29 heavy (non-hydrogen) atoms. The van der Waals surface area contributed by atoms with Gasteiger partial charge in [0.25, 0.3) is 0 Å². The number of amides is 1. The fourth-order valence-corrected chi connectivity index (χ4v) is 4.57. The SMILES string of the molecule is CCCCCCCC[C@@H]1C[C@H]1CCCCCCCC(=O)NC(C)c1ccccc1. The Morgan fingerprint density at radius 2 is 1.41 bits per heavy atom. The van der Waals surface area contributed by atoms with Crippen LogP contribution in [0.1, 0.15) is 122 Å². The molecular weight excluding hydrogens is 354 g/mol. The number of carbonyl (C=O) groups excluding carboxylic acids is 1. The van der Waals surface area contributed by atoms with E-state index in [1.165, 1.54) is 89.0 Å². The van der Waals surface area contributed by atoms with E-state index >= 15 is 0 Å². The van der Waals surface area contributed by atoms with Crippen LogP contribution in [0.4, 0.5) is 0 Å². The Morgan fingerprint density at radius 1 is 0.862 bits per heavy atom. The molecule has 0 spiro atoms. The van der Waals surface area contributed by atoms with Crippen molar-refractivity contribution in [1.29, 1.82) is 0 Å². The highest BCUT2D eigenvalue weighted by Crippen LogP contribution is 2.45. The zero-order valence-electron chi connectivity index (χ0n) is 19.1. The summed E-state index contributed by atoms with van der Waals surface area (Å²) in [4.78, 5) is 12.1. The van der Waals surface area contributed by atoms with Crippen molar-refractivity contribution in [2.45, 2.75) is 116 Å². The van der Waals surface area contributed by atoms with Crippen LogP contribution in [0.15, 0.2) is 30.3 Å². The molecule has 0 aromatic heterocycles. The fraction of sp³-hybridized carbons (Fsp3) is 0.741. The molecular formula is C27H45NO. The first-order valence-electron chi connectivity index (χ1n) is 12.5. The summed E-state index contributed by atoms with van der Waals surface area (Å²) in [6.45, 7) is 4.35. The summed E-state index contributed by atoms with van der Waals surface area (Å²) in [7, 11) is 0. The molecule has 1 aromatic rings. The maximum absolute atomic E-state index is 12.1. The standard InChI is InChI=1S/C27H45NO/c1-3-4-5-6-8-12-19-25-22-26(25)20-13-9-7-10-16-21-27(29)28-23(2)24-17-14-11-15-18-24/h11,14-15,17-18,23,25-26H,3-10,12-13,16,19-22H2,1-2H3,(H,28,29)/t23?,25-,26-/m1/s1. The van der Waals surface area contributed by atoms with Crippen molar-refractivity contribution in [1.82, 2.24) is 5.32 Å². The van der Waals surface area contributed by atoms with Crippen LogP contribution >= 0.6 is 0 Å². The van der Waals surface area contributed by atoms with Crippen LogP contribution in [0, 0.1) is 11.8 Å². The minimum atomic E-state index is 0.103. The Labute approximate surface area is 180 Å². The maximum Gasteiger partial charge on any atom is 0.220 e. The van der Waals surface area contributed by atoms with Crippen LogP contribution < -0.4 is 5.32 Å². The summed E-state index contributed by atoms with van der Waals surface area (Å²) in [5.41, 5.74) is 1.18. The molecule has 2 nitrogen and oxygen atoms in total. The van der Waals surface area contributed by atoms with Gasteiger partial charge in [-0.25, -0.2) is 0 Å². The van der Waals surface area contributed by atoms with Gasteiger partial charge in [-0.3, -0.25) is 4.79 Å². The van der Waals surface area contributed by atoms with E-state index in [0.29, 0.717) is 6.42 Å². The molecule has 1 saturated carbocycles. The average molecular weight is 400 g/mol. The highest BCUT2D eigenvalue weighted by Gasteiger charge is 2.34. The molecule has 1 aliphatic carbocycles. The van der Waals surface area contributed by atoms with Crippen LogP contribution in [0.3, 0.4) is 0 Å². The molecule has 164 valence electrons. The molecule has 2 rings (SSSR count). The Hall–Kier alpha value is -1.31. The van der Waals surface area contributed by atoms with Gasteiger partial charge < -0.3 is 5.32 Å². The Kier molecular flexibility index (Phi) is 12.1. The highest BCUT2D eigenvalue weighted by molar-refractivity contribution is 5.76. The number of unbranched alkanes of at least 4 members (excludes halogenated alkanes) is 9. The van der Waals surface area contributed by atoms with Crippen LogP contribution in [0.25, 0.3) is 0 Å². The van der Waals surface area contributed by atoms with Crippen molar-refractivity contribution >= 4 is 5.91 Å². The molecule has 1 unspecified atom stereocenters. The van der Waals surface area contributed by atoms with E-state index in [1.54, 1.807) is 0 Å². The highest BCUT2D eigenvalue weighted by atomic mass is 16.1. The smallest absolute Gasteiger partial charge is 0.220 e. The van der Waals surface area contributed by atoms with Gasteiger partial charge in [0, 0.05) is 6.42 Å². The largest absolute Gasteiger partial charge is 0.350 e. The average Bonchev–Trinajstić information content (AvgIpc) is 3.48. The molecule has 1 N–H and O–H groups in total. The molecule has 1 fully saturated rings. The first kappa shape index (κ1) is 24.0. The Bertz CT molecular complexity index is 541. The van der Waals surface area contributed by atoms with E-state index in [0.717, 1.165) is 18.3 Å². The van der Waals surface area contributed by atoms with E-state index < -0.39 is 0 Å². The summed E-state index contributed by atoms with van der Waals surface area (Å²) in [5, 5.41) is 3.12. The molecule has 2 heteroatoms. The van der Waals surface area contributed by atoms with Gasteiger partial charge in [-0.15, -0.1) is 0 Å². The first-order valence-corrected chi connectivity index (χ1v) is 12.5. The monoisotopic (exact) mass is 399 g/mol. The molecule has 0 radical (unpaired) electrons. The number of benzene rings is 1. The zero-order valence-corrected chi connectivity index (χ0v) is 19.1. The van der Waals surface area contributed by atoms with E-state index in [4.69, 9.17) is 0 Å². The number of rotatable bonds is 17. The Morgan fingerprint density at radius 3 is 2.03 bits per heavy atom. The van der Waals surface area contributed by atoms with Crippen molar-refractivity contribution in [2.75, 3.05) is 0 Å². The predicted molar refractivity (Wildman–Crippen MR) is 125 cm³/mol. The molecule has 0 aliphatic heterocycles. The number of hydrogen-bond acceptors (Lipinski definition) is 1. The van der Waals surface area contributed by atoms with Gasteiger partial charge in [-0.1, -0.05) is 114 Å². The van der Waals surface area contributed by atoms with Crippen molar-refractivity contribution in [3.05, 3.63) is 35.9 Å². The summed E-state index contributed by atoms with van der Waals surface area (Å²) >= 11 is 0. The van der Waals surface area contributed by atoms with Crippen LogP contribution in [0.2, 0.25) is 0 Å². The zero-order chi connectivity index (χ0) is 20.7. The fourth-order valence-electron chi connectivity index (χ4n) is 4.57. The van der Waals surface area contributed by atoms with Crippen molar-refractivity contribution < 1.29 is 4.79 Å². The van der Waals surface area contributed by atoms with Crippen LogP contribution in [-0.2, 0) is 4.79 Å². The van der Waals surface area contributed by atoms with Crippen molar-refractivity contribution in [3.8, 4) is 0 Å². The van der Waals surface area contributed by atoms with E-state index in [-0.39, 0.29) is 11.9 Å². The topological polar surface area (TPSA) is 29.1 Å². The molecule has 0 heterocycles. The Balaban J connectivity index is 1.36. The van der Waals surface area contributed by atoms with Crippen molar-refractivity contribution in [3.63, 3.8) is 0 Å². The predicted octanol–water partition coefficient (Wildman–Crippen LogP) is 7.98. The lowest BCUT2D eigenvalue weighted by atomic mass is 10.0. The second-order valence-electron chi connectivity index (χ2n) is 9.32. The van der Waals surface area contributed by atoms with Crippen LogP contribution in [0.5, 0.6) is 0 Å². The lowest BCUT2D eigenvalue weighted by molar-refractivity contribution is -0.121. The normalized spacial score (nSPS) is 19.1.